The van der Waals surface area contributed by atoms with Gasteiger partial charge in [-0.1, -0.05) is 25.0 Å². The standard InChI is InChI=1S/C16H26O/c1-10-11(2)13(4)15(12(10)3)14-9-16(5,6)7-8-17-14/h14-15H,7-9H2,1-6H3. The lowest BCUT2D eigenvalue weighted by molar-refractivity contribution is -0.0509. The summed E-state index contributed by atoms with van der Waals surface area (Å²) in [5.41, 5.74) is 6.47. The third kappa shape index (κ3) is 2.22. The summed E-state index contributed by atoms with van der Waals surface area (Å²) in [4.78, 5) is 0. The van der Waals surface area contributed by atoms with E-state index in [1.54, 1.807) is 0 Å². The van der Waals surface area contributed by atoms with Crippen LogP contribution in [0.1, 0.15) is 54.4 Å². The lowest BCUT2D eigenvalue weighted by Gasteiger charge is -2.39. The van der Waals surface area contributed by atoms with Crippen molar-refractivity contribution in [1.82, 2.24) is 0 Å². The van der Waals surface area contributed by atoms with E-state index in [9.17, 15) is 0 Å². The monoisotopic (exact) mass is 234 g/mol. The van der Waals surface area contributed by atoms with Crippen molar-refractivity contribution in [2.75, 3.05) is 6.61 Å². The second-order valence-corrected chi connectivity index (χ2v) is 6.62. The number of hydrogen-bond donors (Lipinski definition) is 0. The van der Waals surface area contributed by atoms with Crippen molar-refractivity contribution in [2.24, 2.45) is 11.3 Å². The van der Waals surface area contributed by atoms with Crippen LogP contribution in [0.25, 0.3) is 0 Å². The molecule has 2 rings (SSSR count). The van der Waals surface area contributed by atoms with Crippen LogP contribution in [0.15, 0.2) is 22.3 Å². The molecule has 1 saturated heterocycles. The van der Waals surface area contributed by atoms with Crippen molar-refractivity contribution < 1.29 is 4.74 Å². The van der Waals surface area contributed by atoms with Crippen LogP contribution in [0.4, 0.5) is 0 Å². The Hall–Kier alpha value is -0.560. The third-order valence-corrected chi connectivity index (χ3v) is 4.91. The highest BCUT2D eigenvalue weighted by molar-refractivity contribution is 5.47. The Morgan fingerprint density at radius 1 is 1.00 bits per heavy atom. The maximum Gasteiger partial charge on any atom is 0.0682 e. The zero-order valence-electron chi connectivity index (χ0n) is 12.2. The van der Waals surface area contributed by atoms with E-state index in [0.29, 0.717) is 17.4 Å². The van der Waals surface area contributed by atoms with E-state index in [1.807, 2.05) is 0 Å². The Balaban J connectivity index is 2.24. The van der Waals surface area contributed by atoms with Crippen LogP contribution >= 0.6 is 0 Å². The molecule has 1 heteroatoms. The van der Waals surface area contributed by atoms with Gasteiger partial charge in [-0.25, -0.2) is 0 Å². The van der Waals surface area contributed by atoms with Crippen LogP contribution in [0.3, 0.4) is 0 Å². The van der Waals surface area contributed by atoms with Gasteiger partial charge in [0.15, 0.2) is 0 Å². The van der Waals surface area contributed by atoms with E-state index in [2.05, 4.69) is 41.5 Å². The van der Waals surface area contributed by atoms with Gasteiger partial charge < -0.3 is 4.74 Å². The van der Waals surface area contributed by atoms with E-state index in [0.717, 1.165) is 6.61 Å². The second-order valence-electron chi connectivity index (χ2n) is 6.62. The normalized spacial score (nSPS) is 30.4. The number of ether oxygens (including phenoxy) is 1. The molecule has 17 heavy (non-hydrogen) atoms. The molecule has 0 bridgehead atoms. The van der Waals surface area contributed by atoms with Crippen LogP contribution in [0, 0.1) is 11.3 Å². The smallest absolute Gasteiger partial charge is 0.0682 e. The van der Waals surface area contributed by atoms with Crippen LogP contribution in [-0.4, -0.2) is 12.7 Å². The SMILES string of the molecule is CC1=C(C)C(C2CC(C)(C)CCO2)C(C)=C1C. The molecule has 1 aliphatic carbocycles. The fourth-order valence-corrected chi connectivity index (χ4v) is 3.35. The van der Waals surface area contributed by atoms with Crippen LogP contribution in [0.2, 0.25) is 0 Å². The summed E-state index contributed by atoms with van der Waals surface area (Å²) in [5, 5.41) is 0. The van der Waals surface area contributed by atoms with Crippen LogP contribution < -0.4 is 0 Å². The highest BCUT2D eigenvalue weighted by atomic mass is 16.5. The molecular weight excluding hydrogens is 208 g/mol. The molecule has 0 aromatic rings. The van der Waals surface area contributed by atoms with Crippen molar-refractivity contribution in [3.8, 4) is 0 Å². The van der Waals surface area contributed by atoms with Gasteiger partial charge in [0, 0.05) is 12.5 Å². The first-order valence-electron chi connectivity index (χ1n) is 6.80. The maximum atomic E-state index is 6.07. The van der Waals surface area contributed by atoms with E-state index in [4.69, 9.17) is 4.74 Å². The topological polar surface area (TPSA) is 9.23 Å². The van der Waals surface area contributed by atoms with Gasteiger partial charge >= 0.3 is 0 Å². The van der Waals surface area contributed by atoms with Crippen molar-refractivity contribution in [3.05, 3.63) is 22.3 Å². The molecule has 2 aliphatic rings. The molecule has 0 saturated carbocycles. The average molecular weight is 234 g/mol. The summed E-state index contributed by atoms with van der Waals surface area (Å²) >= 11 is 0. The van der Waals surface area contributed by atoms with Gasteiger partial charge in [0.25, 0.3) is 0 Å². The summed E-state index contributed by atoms with van der Waals surface area (Å²) < 4.78 is 6.07. The molecule has 0 amide bonds. The number of allylic oxidation sites excluding steroid dienone is 2. The molecule has 1 aliphatic heterocycles. The summed E-state index contributed by atoms with van der Waals surface area (Å²) in [5.74, 6) is 0.537. The Morgan fingerprint density at radius 3 is 2.00 bits per heavy atom. The van der Waals surface area contributed by atoms with E-state index in [1.165, 1.54) is 35.1 Å². The molecular formula is C16H26O. The lowest BCUT2D eigenvalue weighted by Crippen LogP contribution is -2.36. The molecule has 1 heterocycles. The van der Waals surface area contributed by atoms with Gasteiger partial charge in [0.1, 0.15) is 0 Å². The van der Waals surface area contributed by atoms with E-state index < -0.39 is 0 Å². The van der Waals surface area contributed by atoms with E-state index >= 15 is 0 Å². The molecule has 0 radical (unpaired) electrons. The Bertz CT molecular complexity index is 360. The summed E-state index contributed by atoms with van der Waals surface area (Å²) in [6, 6.07) is 0. The quantitative estimate of drug-likeness (QED) is 0.649. The zero-order chi connectivity index (χ0) is 12.8. The van der Waals surface area contributed by atoms with Crippen molar-refractivity contribution in [1.29, 1.82) is 0 Å². The van der Waals surface area contributed by atoms with Crippen LogP contribution in [-0.2, 0) is 4.74 Å². The molecule has 1 fully saturated rings. The molecule has 1 atom stereocenters. The van der Waals surface area contributed by atoms with Gasteiger partial charge in [0.2, 0.25) is 0 Å². The first-order chi connectivity index (χ1) is 7.83. The fourth-order valence-electron chi connectivity index (χ4n) is 3.35. The molecule has 1 unspecified atom stereocenters. The minimum Gasteiger partial charge on any atom is -0.377 e. The lowest BCUT2D eigenvalue weighted by atomic mass is 9.76. The summed E-state index contributed by atoms with van der Waals surface area (Å²) in [6.07, 6.45) is 2.78. The minimum absolute atomic E-state index is 0.395. The van der Waals surface area contributed by atoms with E-state index in [-0.39, 0.29) is 0 Å². The highest BCUT2D eigenvalue weighted by Gasteiger charge is 2.37. The number of rotatable bonds is 1. The largest absolute Gasteiger partial charge is 0.377 e. The van der Waals surface area contributed by atoms with Gasteiger partial charge in [-0.3, -0.25) is 0 Å². The third-order valence-electron chi connectivity index (χ3n) is 4.91. The predicted octanol–water partition coefficient (Wildman–Crippen LogP) is 4.49. The Kier molecular flexibility index (Phi) is 3.24. The summed E-state index contributed by atoms with van der Waals surface area (Å²) in [7, 11) is 0. The molecule has 0 spiro atoms. The first kappa shape index (κ1) is 12.9. The van der Waals surface area contributed by atoms with Gasteiger partial charge in [0.05, 0.1) is 6.10 Å². The molecule has 0 aromatic heterocycles. The molecule has 0 aromatic carbocycles. The maximum absolute atomic E-state index is 6.07. The molecule has 0 N–H and O–H groups in total. The zero-order valence-corrected chi connectivity index (χ0v) is 12.2. The Labute approximate surface area is 106 Å². The van der Waals surface area contributed by atoms with Crippen LogP contribution in [0.5, 0.6) is 0 Å². The van der Waals surface area contributed by atoms with Gasteiger partial charge in [-0.05, 0) is 57.1 Å². The first-order valence-corrected chi connectivity index (χ1v) is 6.80. The average Bonchev–Trinajstić information content (AvgIpc) is 2.42. The fraction of sp³-hybridized carbons (Fsp3) is 0.750. The Morgan fingerprint density at radius 2 is 1.53 bits per heavy atom. The van der Waals surface area contributed by atoms with Crippen molar-refractivity contribution in [2.45, 2.75) is 60.5 Å². The molecule has 1 nitrogen and oxygen atoms in total. The number of hydrogen-bond acceptors (Lipinski definition) is 1. The minimum atomic E-state index is 0.395. The highest BCUT2D eigenvalue weighted by Crippen LogP contribution is 2.44. The second kappa shape index (κ2) is 4.28. The van der Waals surface area contributed by atoms with Gasteiger partial charge in [-0.15, -0.1) is 0 Å². The summed E-state index contributed by atoms with van der Waals surface area (Å²) in [6.45, 7) is 14.7. The van der Waals surface area contributed by atoms with Crippen molar-refractivity contribution >= 4 is 0 Å². The predicted molar refractivity (Wildman–Crippen MR) is 73.0 cm³/mol. The molecule has 96 valence electrons. The van der Waals surface area contributed by atoms with Gasteiger partial charge in [-0.2, -0.15) is 0 Å². The van der Waals surface area contributed by atoms with Crippen molar-refractivity contribution in [3.63, 3.8) is 0 Å².